The van der Waals surface area contributed by atoms with E-state index in [1.807, 2.05) is 0 Å². The first-order chi connectivity index (χ1) is 21.9. The molecule has 4 aliphatic rings. The van der Waals surface area contributed by atoms with E-state index in [1.165, 1.54) is 217 Å². The van der Waals surface area contributed by atoms with Crippen molar-refractivity contribution in [2.75, 3.05) is 13.1 Å². The maximum atomic E-state index is 4.80. The average molecular weight is 609 g/mol. The van der Waals surface area contributed by atoms with Crippen LogP contribution < -0.4 is 10.9 Å². The summed E-state index contributed by atoms with van der Waals surface area (Å²) in [6.45, 7) is 2.10. The minimum atomic E-state index is 1.05. The first kappa shape index (κ1) is 36.9. The predicted octanol–water partition coefficient (Wildman–Crippen LogP) is 12.3. The van der Waals surface area contributed by atoms with Crippen molar-refractivity contribution in [3.05, 3.63) is 23.3 Å². The summed E-state index contributed by atoms with van der Waals surface area (Å²) in [6, 6.07) is 0. The molecule has 4 nitrogen and oxygen atoms in total. The third-order valence-electron chi connectivity index (χ3n) is 10.2. The fourth-order valence-corrected chi connectivity index (χ4v) is 7.25. The van der Waals surface area contributed by atoms with Crippen LogP contribution in [-0.2, 0) is 0 Å². The standard InChI is InChI=1S/2C20H36N2/c2*1-2-4-8-12-16-19(15-11-7-3-1)20-17-13-9-5-6-10-14-18-21-22-20/h2*15,21H,1-14,16-18H2. The zero-order valence-corrected chi connectivity index (χ0v) is 29.1. The average Bonchev–Trinajstić information content (AvgIpc) is 3.22. The molecule has 2 aliphatic carbocycles. The molecule has 2 N–H and O–H groups in total. The Balaban J connectivity index is 0.000000240. The Morgan fingerprint density at radius 1 is 0.318 bits per heavy atom. The Hall–Kier alpha value is -1.58. The Morgan fingerprint density at radius 2 is 0.614 bits per heavy atom. The number of allylic oxidation sites excluding steroid dienone is 4. The molecule has 2 heterocycles. The molecule has 2 aliphatic heterocycles. The van der Waals surface area contributed by atoms with E-state index in [0.717, 1.165) is 13.1 Å². The molecule has 0 spiro atoms. The van der Waals surface area contributed by atoms with Crippen LogP contribution in [0.5, 0.6) is 0 Å². The monoisotopic (exact) mass is 609 g/mol. The van der Waals surface area contributed by atoms with E-state index in [1.54, 1.807) is 11.1 Å². The number of nitrogens with one attached hydrogen (secondary N) is 2. The molecule has 0 amide bonds. The lowest BCUT2D eigenvalue weighted by Gasteiger charge is -2.12. The number of nitrogens with zero attached hydrogens (tertiary/aromatic N) is 2. The fraction of sp³-hybridized carbons (Fsp3) is 0.850. The molecule has 0 aromatic carbocycles. The maximum Gasteiger partial charge on any atom is 0.0631 e. The van der Waals surface area contributed by atoms with Crippen molar-refractivity contribution < 1.29 is 0 Å². The summed E-state index contributed by atoms with van der Waals surface area (Å²) in [5, 5.41) is 9.60. The molecule has 0 unspecified atom stereocenters. The summed E-state index contributed by atoms with van der Waals surface area (Å²) in [7, 11) is 0. The lowest BCUT2D eigenvalue weighted by atomic mass is 9.97. The molecule has 44 heavy (non-hydrogen) atoms. The van der Waals surface area contributed by atoms with Gasteiger partial charge >= 0.3 is 0 Å². The van der Waals surface area contributed by atoms with Crippen LogP contribution >= 0.6 is 0 Å². The second-order valence-electron chi connectivity index (χ2n) is 14.2. The Bertz CT molecular complexity index is 687. The summed E-state index contributed by atoms with van der Waals surface area (Å²) < 4.78 is 0. The topological polar surface area (TPSA) is 48.8 Å². The van der Waals surface area contributed by atoms with Crippen molar-refractivity contribution in [1.82, 2.24) is 10.9 Å². The van der Waals surface area contributed by atoms with Crippen molar-refractivity contribution >= 4 is 11.4 Å². The Labute approximate surface area is 273 Å². The zero-order chi connectivity index (χ0) is 30.6. The van der Waals surface area contributed by atoms with E-state index in [0.29, 0.717) is 0 Å². The number of hydrazone groups is 2. The predicted molar refractivity (Wildman–Crippen MR) is 195 cm³/mol. The van der Waals surface area contributed by atoms with Crippen molar-refractivity contribution in [2.24, 2.45) is 10.2 Å². The van der Waals surface area contributed by atoms with Gasteiger partial charge in [0, 0.05) is 13.1 Å². The summed E-state index contributed by atoms with van der Waals surface area (Å²) in [4.78, 5) is 0. The first-order valence-corrected chi connectivity index (χ1v) is 19.9. The van der Waals surface area contributed by atoms with Gasteiger partial charge in [-0.25, -0.2) is 0 Å². The molecule has 4 heteroatoms. The molecule has 0 bridgehead atoms. The van der Waals surface area contributed by atoms with Crippen molar-refractivity contribution in [1.29, 1.82) is 0 Å². The van der Waals surface area contributed by atoms with Gasteiger partial charge in [0.15, 0.2) is 0 Å². The maximum absolute atomic E-state index is 4.80. The molecule has 0 radical (unpaired) electrons. The Kier molecular flexibility index (Phi) is 22.3. The highest BCUT2D eigenvalue weighted by Crippen LogP contribution is 2.22. The van der Waals surface area contributed by atoms with Crippen molar-refractivity contribution in [3.63, 3.8) is 0 Å². The molecular formula is C40H72N4. The molecule has 252 valence electrons. The van der Waals surface area contributed by atoms with E-state index in [4.69, 9.17) is 10.2 Å². The minimum Gasteiger partial charge on any atom is -0.310 e. The van der Waals surface area contributed by atoms with Gasteiger partial charge in [-0.2, -0.15) is 10.2 Å². The van der Waals surface area contributed by atoms with Gasteiger partial charge in [0.25, 0.3) is 0 Å². The van der Waals surface area contributed by atoms with Gasteiger partial charge in [0.2, 0.25) is 0 Å². The van der Waals surface area contributed by atoms with Gasteiger partial charge < -0.3 is 10.9 Å². The van der Waals surface area contributed by atoms with E-state index < -0.39 is 0 Å². The van der Waals surface area contributed by atoms with E-state index >= 15 is 0 Å². The van der Waals surface area contributed by atoms with Crippen LogP contribution in [0.25, 0.3) is 0 Å². The molecule has 0 aromatic heterocycles. The summed E-state index contributed by atoms with van der Waals surface area (Å²) in [5.74, 6) is 0. The van der Waals surface area contributed by atoms with Crippen molar-refractivity contribution in [3.8, 4) is 0 Å². The Morgan fingerprint density at radius 3 is 1.00 bits per heavy atom. The number of rotatable bonds is 2. The number of hydrogen-bond acceptors (Lipinski definition) is 4. The molecule has 0 atom stereocenters. The summed E-state index contributed by atoms with van der Waals surface area (Å²) in [6.07, 6.45) is 48.4. The number of hydrogen-bond donors (Lipinski definition) is 2. The smallest absolute Gasteiger partial charge is 0.0631 e. The summed E-state index contributed by atoms with van der Waals surface area (Å²) in [5.41, 5.74) is 12.6. The van der Waals surface area contributed by atoms with Gasteiger partial charge in [0.05, 0.1) is 11.4 Å². The van der Waals surface area contributed by atoms with Crippen LogP contribution in [0, 0.1) is 0 Å². The van der Waals surface area contributed by atoms with E-state index in [2.05, 4.69) is 23.0 Å². The normalized spacial score (nSPS) is 24.0. The van der Waals surface area contributed by atoms with Gasteiger partial charge in [-0.15, -0.1) is 0 Å². The van der Waals surface area contributed by atoms with Crippen molar-refractivity contribution in [2.45, 2.75) is 205 Å². The molecule has 0 saturated carbocycles. The highest BCUT2D eigenvalue weighted by molar-refractivity contribution is 6.00. The third-order valence-corrected chi connectivity index (χ3v) is 10.2. The van der Waals surface area contributed by atoms with Gasteiger partial charge in [-0.3, -0.25) is 0 Å². The lowest BCUT2D eigenvalue weighted by Crippen LogP contribution is -2.14. The van der Waals surface area contributed by atoms with E-state index in [-0.39, 0.29) is 0 Å². The van der Waals surface area contributed by atoms with Crippen LogP contribution in [0.4, 0.5) is 0 Å². The van der Waals surface area contributed by atoms with Gasteiger partial charge in [-0.1, -0.05) is 128 Å². The molecular weight excluding hydrogens is 536 g/mol. The van der Waals surface area contributed by atoms with Crippen LogP contribution in [-0.4, -0.2) is 24.5 Å². The van der Waals surface area contributed by atoms with E-state index in [9.17, 15) is 0 Å². The van der Waals surface area contributed by atoms with Crippen LogP contribution in [0.1, 0.15) is 205 Å². The van der Waals surface area contributed by atoms with Crippen LogP contribution in [0.2, 0.25) is 0 Å². The molecule has 4 rings (SSSR count). The molecule has 0 saturated heterocycles. The van der Waals surface area contributed by atoms with Crippen LogP contribution in [0.3, 0.4) is 0 Å². The largest absolute Gasteiger partial charge is 0.310 e. The highest BCUT2D eigenvalue weighted by atomic mass is 15.3. The highest BCUT2D eigenvalue weighted by Gasteiger charge is 2.11. The second-order valence-corrected chi connectivity index (χ2v) is 14.2. The fourth-order valence-electron chi connectivity index (χ4n) is 7.25. The lowest BCUT2D eigenvalue weighted by molar-refractivity contribution is 0.586. The van der Waals surface area contributed by atoms with Gasteiger partial charge in [-0.05, 0) is 101 Å². The minimum absolute atomic E-state index is 1.05. The molecule has 0 aromatic rings. The first-order valence-electron chi connectivity index (χ1n) is 19.9. The van der Waals surface area contributed by atoms with Crippen LogP contribution in [0.15, 0.2) is 33.5 Å². The third kappa shape index (κ3) is 18.4. The molecule has 0 fully saturated rings. The summed E-state index contributed by atoms with van der Waals surface area (Å²) >= 11 is 0. The zero-order valence-electron chi connectivity index (χ0n) is 29.1. The van der Waals surface area contributed by atoms with Gasteiger partial charge in [0.1, 0.15) is 0 Å². The SMILES string of the molecule is C1=C(C2=NNCCCCCCCC2)CCCCCCCCC1.C1=C(C2=NNCCCCCCCC2)CCCCCCCCC1. The quantitative estimate of drug-likeness (QED) is 0.327. The second kappa shape index (κ2) is 26.6.